The predicted molar refractivity (Wildman–Crippen MR) is 115 cm³/mol. The average Bonchev–Trinajstić information content (AvgIpc) is 2.69. The fourth-order valence-corrected chi connectivity index (χ4v) is 3.36. The minimum atomic E-state index is -0.422. The van der Waals surface area contributed by atoms with E-state index < -0.39 is 5.82 Å². The second-order valence-electron chi connectivity index (χ2n) is 6.17. The lowest BCUT2D eigenvalue weighted by Gasteiger charge is -2.16. The molecular formula is C22H19BrClF2NO2. The van der Waals surface area contributed by atoms with Crippen LogP contribution in [0.1, 0.15) is 18.1 Å². The molecule has 7 heteroatoms. The van der Waals surface area contributed by atoms with Gasteiger partial charge in [-0.25, -0.2) is 8.78 Å². The number of rotatable bonds is 8. The van der Waals surface area contributed by atoms with Gasteiger partial charge in [0.2, 0.25) is 0 Å². The molecule has 0 fully saturated rings. The first-order chi connectivity index (χ1) is 14.0. The zero-order chi connectivity index (χ0) is 20.8. The number of hydrogen-bond donors (Lipinski definition) is 1. The Morgan fingerprint density at radius 3 is 2.41 bits per heavy atom. The minimum Gasteiger partial charge on any atom is -0.490 e. The molecule has 0 aliphatic heterocycles. The molecule has 0 aromatic heterocycles. The summed E-state index contributed by atoms with van der Waals surface area (Å²) in [7, 11) is 0. The van der Waals surface area contributed by atoms with Crippen molar-refractivity contribution in [3.63, 3.8) is 0 Å². The van der Waals surface area contributed by atoms with E-state index in [1.54, 1.807) is 30.3 Å². The van der Waals surface area contributed by atoms with E-state index in [1.807, 2.05) is 13.0 Å². The lowest BCUT2D eigenvalue weighted by molar-refractivity contribution is 0.265. The molecule has 0 aliphatic rings. The Bertz CT molecular complexity index is 963. The van der Waals surface area contributed by atoms with Gasteiger partial charge < -0.3 is 14.8 Å². The van der Waals surface area contributed by atoms with Crippen molar-refractivity contribution in [2.24, 2.45) is 0 Å². The number of halogens is 4. The summed E-state index contributed by atoms with van der Waals surface area (Å²) in [5.74, 6) is 0.309. The molecule has 3 nitrogen and oxygen atoms in total. The average molecular weight is 483 g/mol. The van der Waals surface area contributed by atoms with Gasteiger partial charge in [0.05, 0.1) is 11.6 Å². The summed E-state index contributed by atoms with van der Waals surface area (Å²) >= 11 is 9.61. The maximum Gasteiger partial charge on any atom is 0.162 e. The summed E-state index contributed by atoms with van der Waals surface area (Å²) in [6.07, 6.45) is 0. The van der Waals surface area contributed by atoms with Gasteiger partial charge in [0.15, 0.2) is 11.5 Å². The Labute approximate surface area is 181 Å². The Hall–Kier alpha value is -2.31. The molecule has 0 atom stereocenters. The first-order valence-corrected chi connectivity index (χ1v) is 10.2. The van der Waals surface area contributed by atoms with Crippen molar-refractivity contribution in [2.75, 3.05) is 11.9 Å². The monoisotopic (exact) mass is 481 g/mol. The van der Waals surface area contributed by atoms with Crippen molar-refractivity contribution >= 4 is 33.2 Å². The highest BCUT2D eigenvalue weighted by Gasteiger charge is 2.14. The van der Waals surface area contributed by atoms with Crippen molar-refractivity contribution in [1.29, 1.82) is 0 Å². The molecule has 152 valence electrons. The van der Waals surface area contributed by atoms with Gasteiger partial charge in [0.25, 0.3) is 0 Å². The summed E-state index contributed by atoms with van der Waals surface area (Å²) in [5, 5.41) is 3.54. The molecule has 0 unspecified atom stereocenters. The van der Waals surface area contributed by atoms with Gasteiger partial charge in [0, 0.05) is 22.3 Å². The van der Waals surface area contributed by atoms with Gasteiger partial charge >= 0.3 is 0 Å². The second kappa shape index (κ2) is 9.94. The predicted octanol–water partition coefficient (Wildman–Crippen LogP) is 6.97. The van der Waals surface area contributed by atoms with E-state index in [4.69, 9.17) is 21.1 Å². The van der Waals surface area contributed by atoms with Crippen LogP contribution in [0.5, 0.6) is 11.5 Å². The maximum absolute atomic E-state index is 14.0. The van der Waals surface area contributed by atoms with E-state index in [1.165, 1.54) is 18.2 Å². The van der Waals surface area contributed by atoms with Crippen molar-refractivity contribution in [1.82, 2.24) is 0 Å². The van der Waals surface area contributed by atoms with Crippen molar-refractivity contribution in [2.45, 2.75) is 20.1 Å². The summed E-state index contributed by atoms with van der Waals surface area (Å²) in [6.45, 7) is 2.79. The topological polar surface area (TPSA) is 30.5 Å². The molecule has 3 rings (SSSR count). The van der Waals surface area contributed by atoms with Gasteiger partial charge in [-0.15, -0.1) is 0 Å². The Morgan fingerprint density at radius 2 is 1.72 bits per heavy atom. The van der Waals surface area contributed by atoms with Crippen LogP contribution in [0.2, 0.25) is 5.02 Å². The molecule has 0 saturated heterocycles. The van der Waals surface area contributed by atoms with E-state index in [2.05, 4.69) is 21.2 Å². The zero-order valence-corrected chi connectivity index (χ0v) is 18.0. The SMILES string of the molecule is CCOc1cc(CNc2ccc(F)cc2)c(Br)cc1OCc1c(F)cccc1Cl. The van der Waals surface area contributed by atoms with Crippen LogP contribution >= 0.6 is 27.5 Å². The first-order valence-electron chi connectivity index (χ1n) is 8.98. The van der Waals surface area contributed by atoms with E-state index in [0.717, 1.165) is 15.7 Å². The standard InChI is InChI=1S/C22H19BrClF2NO2/c1-2-28-21-10-14(12-27-16-8-6-15(25)7-9-16)18(23)11-22(21)29-13-17-19(24)4-3-5-20(17)26/h3-11,27H,2,12-13H2,1H3. The number of nitrogens with one attached hydrogen (secondary N) is 1. The van der Waals surface area contributed by atoms with Crippen LogP contribution < -0.4 is 14.8 Å². The largest absolute Gasteiger partial charge is 0.490 e. The van der Waals surface area contributed by atoms with Crippen LogP contribution in [0, 0.1) is 11.6 Å². The molecule has 0 bridgehead atoms. The summed E-state index contributed by atoms with van der Waals surface area (Å²) in [6, 6.07) is 14.3. The van der Waals surface area contributed by atoms with Crippen LogP contribution in [-0.4, -0.2) is 6.61 Å². The number of ether oxygens (including phenoxy) is 2. The third-order valence-corrected chi connectivity index (χ3v) is 5.27. The molecular weight excluding hydrogens is 464 g/mol. The van der Waals surface area contributed by atoms with Gasteiger partial charge in [-0.2, -0.15) is 0 Å². The smallest absolute Gasteiger partial charge is 0.162 e. The third-order valence-electron chi connectivity index (χ3n) is 4.17. The van der Waals surface area contributed by atoms with Gasteiger partial charge in [-0.05, 0) is 61.0 Å². The van der Waals surface area contributed by atoms with Gasteiger partial charge in [0.1, 0.15) is 18.2 Å². The van der Waals surface area contributed by atoms with Gasteiger partial charge in [-0.3, -0.25) is 0 Å². The minimum absolute atomic E-state index is 0.0226. The van der Waals surface area contributed by atoms with Crippen LogP contribution in [0.4, 0.5) is 14.5 Å². The Kier molecular flexibility index (Phi) is 7.34. The van der Waals surface area contributed by atoms with Gasteiger partial charge in [-0.1, -0.05) is 33.6 Å². The molecule has 0 saturated carbocycles. The molecule has 1 N–H and O–H groups in total. The summed E-state index contributed by atoms with van der Waals surface area (Å²) < 4.78 is 39.3. The third kappa shape index (κ3) is 5.61. The van der Waals surface area contributed by atoms with Crippen LogP contribution in [0.15, 0.2) is 59.1 Å². The first kappa shape index (κ1) is 21.4. The van der Waals surface area contributed by atoms with E-state index in [9.17, 15) is 8.78 Å². The fraction of sp³-hybridized carbons (Fsp3) is 0.182. The molecule has 0 aliphatic carbocycles. The normalized spacial score (nSPS) is 10.7. The van der Waals surface area contributed by atoms with Crippen LogP contribution in [0.3, 0.4) is 0 Å². The number of benzene rings is 3. The van der Waals surface area contributed by atoms with E-state index in [-0.39, 0.29) is 18.0 Å². The van der Waals surface area contributed by atoms with Crippen molar-refractivity contribution in [3.8, 4) is 11.5 Å². The molecule has 3 aromatic carbocycles. The van der Waals surface area contributed by atoms with E-state index >= 15 is 0 Å². The number of hydrogen-bond acceptors (Lipinski definition) is 3. The lowest BCUT2D eigenvalue weighted by Crippen LogP contribution is -2.05. The lowest BCUT2D eigenvalue weighted by atomic mass is 10.2. The maximum atomic E-state index is 14.0. The molecule has 0 heterocycles. The Balaban J connectivity index is 1.77. The van der Waals surface area contributed by atoms with E-state index in [0.29, 0.717) is 29.7 Å². The zero-order valence-electron chi connectivity index (χ0n) is 15.6. The summed E-state index contributed by atoms with van der Waals surface area (Å²) in [4.78, 5) is 0. The Morgan fingerprint density at radius 1 is 1.00 bits per heavy atom. The molecule has 0 amide bonds. The number of anilines is 1. The molecule has 0 spiro atoms. The van der Waals surface area contributed by atoms with Crippen molar-refractivity contribution < 1.29 is 18.3 Å². The van der Waals surface area contributed by atoms with Crippen LogP contribution in [0.25, 0.3) is 0 Å². The summed E-state index contributed by atoms with van der Waals surface area (Å²) in [5.41, 5.74) is 2.01. The molecule has 3 aromatic rings. The van der Waals surface area contributed by atoms with Crippen LogP contribution in [-0.2, 0) is 13.2 Å². The highest BCUT2D eigenvalue weighted by Crippen LogP contribution is 2.35. The fourth-order valence-electron chi connectivity index (χ4n) is 2.68. The second-order valence-corrected chi connectivity index (χ2v) is 7.43. The highest BCUT2D eigenvalue weighted by molar-refractivity contribution is 9.10. The molecule has 0 radical (unpaired) electrons. The quantitative estimate of drug-likeness (QED) is 0.376. The highest BCUT2D eigenvalue weighted by atomic mass is 79.9. The molecule has 29 heavy (non-hydrogen) atoms. The van der Waals surface area contributed by atoms with Crippen molar-refractivity contribution in [3.05, 3.63) is 86.9 Å².